The molecular formula is C21H23BrN6S. The van der Waals surface area contributed by atoms with Crippen LogP contribution in [-0.4, -0.2) is 55.0 Å². The van der Waals surface area contributed by atoms with Crippen molar-refractivity contribution >= 4 is 27.7 Å². The Morgan fingerprint density at radius 3 is 2.76 bits per heavy atom. The Bertz CT molecular complexity index is 992. The van der Waals surface area contributed by atoms with Crippen molar-refractivity contribution in [1.29, 1.82) is 0 Å². The lowest BCUT2D eigenvalue weighted by Gasteiger charge is -2.21. The van der Waals surface area contributed by atoms with Crippen molar-refractivity contribution in [3.63, 3.8) is 0 Å². The maximum absolute atomic E-state index is 4.34. The van der Waals surface area contributed by atoms with Gasteiger partial charge in [-0.1, -0.05) is 39.8 Å². The molecule has 1 saturated heterocycles. The monoisotopic (exact) mass is 470 g/mol. The summed E-state index contributed by atoms with van der Waals surface area (Å²) in [6, 6.07) is 8.95. The molecule has 0 N–H and O–H groups in total. The molecule has 5 rings (SSSR count). The number of rotatable bonds is 7. The van der Waals surface area contributed by atoms with Gasteiger partial charge in [0, 0.05) is 48.2 Å². The van der Waals surface area contributed by atoms with Gasteiger partial charge in [-0.05, 0) is 43.0 Å². The van der Waals surface area contributed by atoms with Gasteiger partial charge in [-0.25, -0.2) is 9.97 Å². The van der Waals surface area contributed by atoms with Gasteiger partial charge in [-0.3, -0.25) is 0 Å². The smallest absolute Gasteiger partial charge is 0.191 e. The molecule has 1 aliphatic heterocycles. The number of thioether (sulfide) groups is 1. The highest BCUT2D eigenvalue weighted by Gasteiger charge is 2.60. The lowest BCUT2D eigenvalue weighted by molar-refractivity contribution is 0.299. The van der Waals surface area contributed by atoms with Crippen molar-refractivity contribution in [2.45, 2.75) is 23.4 Å². The minimum atomic E-state index is 0.421. The predicted molar refractivity (Wildman–Crippen MR) is 118 cm³/mol. The highest BCUT2D eigenvalue weighted by atomic mass is 79.9. The second kappa shape index (κ2) is 7.81. The number of likely N-dealkylation sites (tertiary alicyclic amines) is 1. The molecule has 0 radical (unpaired) electrons. The van der Waals surface area contributed by atoms with E-state index in [4.69, 9.17) is 0 Å². The van der Waals surface area contributed by atoms with Crippen LogP contribution in [0.4, 0.5) is 0 Å². The van der Waals surface area contributed by atoms with Crippen molar-refractivity contribution in [3.05, 3.63) is 53.0 Å². The third-order valence-electron chi connectivity index (χ3n) is 6.14. The molecular weight excluding hydrogens is 448 g/mol. The molecule has 1 aliphatic carbocycles. The average molecular weight is 471 g/mol. The number of halogens is 1. The van der Waals surface area contributed by atoms with Crippen LogP contribution in [0.3, 0.4) is 0 Å². The summed E-state index contributed by atoms with van der Waals surface area (Å²) >= 11 is 5.32. The normalized spacial score (nSPS) is 23.3. The molecule has 2 atom stereocenters. The third kappa shape index (κ3) is 3.73. The fraction of sp³-hybridized carbons (Fsp3) is 0.429. The second-order valence-corrected chi connectivity index (χ2v) is 9.97. The summed E-state index contributed by atoms with van der Waals surface area (Å²) in [5.74, 6) is 2.69. The Balaban J connectivity index is 1.12. The van der Waals surface area contributed by atoms with Gasteiger partial charge in [0.15, 0.2) is 11.0 Å². The van der Waals surface area contributed by atoms with Gasteiger partial charge in [0.2, 0.25) is 0 Å². The molecule has 0 bridgehead atoms. The van der Waals surface area contributed by atoms with E-state index >= 15 is 0 Å². The quantitative estimate of drug-likeness (QED) is 0.386. The molecule has 3 heterocycles. The van der Waals surface area contributed by atoms with Crippen LogP contribution in [0.2, 0.25) is 0 Å². The number of benzene rings is 1. The number of piperidine rings is 1. The number of aromatic nitrogens is 5. The lowest BCUT2D eigenvalue weighted by Crippen LogP contribution is -2.27. The van der Waals surface area contributed by atoms with Gasteiger partial charge >= 0.3 is 0 Å². The van der Waals surface area contributed by atoms with Gasteiger partial charge in [0.1, 0.15) is 6.33 Å². The Labute approximate surface area is 183 Å². The highest BCUT2D eigenvalue weighted by molar-refractivity contribution is 9.10. The summed E-state index contributed by atoms with van der Waals surface area (Å²) in [4.78, 5) is 10.8. The van der Waals surface area contributed by atoms with Gasteiger partial charge in [-0.15, -0.1) is 10.2 Å². The minimum absolute atomic E-state index is 0.421. The van der Waals surface area contributed by atoms with E-state index in [9.17, 15) is 0 Å². The molecule has 2 fully saturated rings. The molecule has 150 valence electrons. The van der Waals surface area contributed by atoms with E-state index in [1.165, 1.54) is 31.4 Å². The number of fused-ring (bicyclic) bond motifs is 1. The maximum Gasteiger partial charge on any atom is 0.191 e. The van der Waals surface area contributed by atoms with E-state index in [1.807, 2.05) is 11.6 Å². The van der Waals surface area contributed by atoms with Gasteiger partial charge in [0.05, 0.1) is 5.56 Å². The first-order valence-corrected chi connectivity index (χ1v) is 11.7. The summed E-state index contributed by atoms with van der Waals surface area (Å²) in [7, 11) is 2.00. The predicted octanol–water partition coefficient (Wildman–Crippen LogP) is 3.79. The first-order chi connectivity index (χ1) is 14.2. The second-order valence-electron chi connectivity index (χ2n) is 7.99. The fourth-order valence-electron chi connectivity index (χ4n) is 4.54. The van der Waals surface area contributed by atoms with Crippen molar-refractivity contribution in [1.82, 2.24) is 29.6 Å². The first-order valence-electron chi connectivity index (χ1n) is 9.92. The van der Waals surface area contributed by atoms with Crippen LogP contribution < -0.4 is 0 Å². The topological polar surface area (TPSA) is 59.7 Å². The van der Waals surface area contributed by atoms with Crippen LogP contribution in [0.15, 0.2) is 52.6 Å². The molecule has 2 aromatic heterocycles. The summed E-state index contributed by atoms with van der Waals surface area (Å²) in [5.41, 5.74) is 2.83. The van der Waals surface area contributed by atoms with Crippen LogP contribution in [-0.2, 0) is 12.5 Å². The van der Waals surface area contributed by atoms with Crippen LogP contribution in [0.1, 0.15) is 18.4 Å². The molecule has 6 nitrogen and oxygen atoms in total. The van der Waals surface area contributed by atoms with E-state index in [2.05, 4.69) is 65.3 Å². The minimum Gasteiger partial charge on any atom is -0.305 e. The van der Waals surface area contributed by atoms with Crippen molar-refractivity contribution in [2.75, 3.05) is 25.4 Å². The van der Waals surface area contributed by atoms with E-state index in [-0.39, 0.29) is 0 Å². The third-order valence-corrected chi connectivity index (χ3v) is 7.77. The Morgan fingerprint density at radius 1 is 1.17 bits per heavy atom. The molecule has 29 heavy (non-hydrogen) atoms. The molecule has 1 saturated carbocycles. The standard InChI is InChI=1S/C21H23BrN6S/c1-27-19(15-10-23-14-24-11-15)25-26-20(27)29-8-2-7-28-12-17-9-21(17,13-28)16-3-5-18(22)6-4-16/h3-6,10-11,14,17H,2,7-9,12-13H2,1H3/t17-,21+/m0/s1. The van der Waals surface area contributed by atoms with Crippen molar-refractivity contribution in [2.24, 2.45) is 13.0 Å². The number of nitrogens with zero attached hydrogens (tertiary/aromatic N) is 6. The Hall–Kier alpha value is -1.77. The van der Waals surface area contributed by atoms with Crippen LogP contribution >= 0.6 is 27.7 Å². The van der Waals surface area contributed by atoms with E-state index in [1.54, 1.807) is 24.2 Å². The van der Waals surface area contributed by atoms with Gasteiger partial charge in [-0.2, -0.15) is 0 Å². The zero-order valence-corrected chi connectivity index (χ0v) is 18.7. The fourth-order valence-corrected chi connectivity index (χ4v) is 5.64. The van der Waals surface area contributed by atoms with Crippen LogP contribution in [0.25, 0.3) is 11.4 Å². The molecule has 0 unspecified atom stereocenters. The summed E-state index contributed by atoms with van der Waals surface area (Å²) in [6.07, 6.45) is 7.57. The Kier molecular flexibility index (Phi) is 5.17. The molecule has 8 heteroatoms. The van der Waals surface area contributed by atoms with Crippen molar-refractivity contribution in [3.8, 4) is 11.4 Å². The summed E-state index contributed by atoms with van der Waals surface area (Å²) in [5, 5.41) is 9.59. The lowest BCUT2D eigenvalue weighted by atomic mass is 9.95. The highest BCUT2D eigenvalue weighted by Crippen LogP contribution is 2.59. The summed E-state index contributed by atoms with van der Waals surface area (Å²) < 4.78 is 3.19. The zero-order valence-electron chi connectivity index (χ0n) is 16.3. The molecule has 0 spiro atoms. The van der Waals surface area contributed by atoms with Crippen LogP contribution in [0.5, 0.6) is 0 Å². The van der Waals surface area contributed by atoms with Crippen LogP contribution in [0, 0.1) is 5.92 Å². The zero-order chi connectivity index (χ0) is 19.8. The molecule has 0 amide bonds. The summed E-state index contributed by atoms with van der Waals surface area (Å²) in [6.45, 7) is 3.59. The Morgan fingerprint density at radius 2 is 1.97 bits per heavy atom. The number of hydrogen-bond acceptors (Lipinski definition) is 6. The first kappa shape index (κ1) is 19.2. The molecule has 3 aromatic rings. The van der Waals surface area contributed by atoms with E-state index in [0.717, 1.165) is 45.7 Å². The molecule has 2 aliphatic rings. The average Bonchev–Trinajstić information content (AvgIpc) is 3.11. The SMILES string of the molecule is Cn1c(SCCCN2C[C@@H]3C[C@]3(c3ccc(Br)cc3)C2)nnc1-c1cncnc1. The molecule has 1 aromatic carbocycles. The van der Waals surface area contributed by atoms with Gasteiger partial charge < -0.3 is 9.47 Å². The van der Waals surface area contributed by atoms with Gasteiger partial charge in [0.25, 0.3) is 0 Å². The number of hydrogen-bond donors (Lipinski definition) is 0. The van der Waals surface area contributed by atoms with Crippen molar-refractivity contribution < 1.29 is 0 Å². The largest absolute Gasteiger partial charge is 0.305 e. The van der Waals surface area contributed by atoms with E-state index < -0.39 is 0 Å². The maximum atomic E-state index is 4.34. The van der Waals surface area contributed by atoms with E-state index in [0.29, 0.717) is 5.41 Å².